The Morgan fingerprint density at radius 1 is 1.10 bits per heavy atom. The first-order valence-electron chi connectivity index (χ1n) is 9.63. The van der Waals surface area contributed by atoms with E-state index in [4.69, 9.17) is 9.47 Å². The Hall–Kier alpha value is -3.06. The lowest BCUT2D eigenvalue weighted by atomic mass is 10.0. The second kappa shape index (κ2) is 9.43. The van der Waals surface area contributed by atoms with Gasteiger partial charge in [0, 0.05) is 29.9 Å². The summed E-state index contributed by atoms with van der Waals surface area (Å²) in [7, 11) is 4.88. The van der Waals surface area contributed by atoms with Crippen molar-refractivity contribution in [3.8, 4) is 11.5 Å². The smallest absolute Gasteiger partial charge is 0.251 e. The number of rotatable bonds is 7. The topological polar surface area (TPSA) is 79.9 Å². The second-order valence-electron chi connectivity index (χ2n) is 6.94. The number of carbonyl (C=O) groups is 2. The summed E-state index contributed by atoms with van der Waals surface area (Å²) >= 11 is 0. The van der Waals surface area contributed by atoms with Gasteiger partial charge in [-0.3, -0.25) is 14.5 Å². The van der Waals surface area contributed by atoms with E-state index in [2.05, 4.69) is 15.5 Å². The van der Waals surface area contributed by atoms with Crippen molar-refractivity contribution in [2.75, 3.05) is 39.7 Å². The maximum atomic E-state index is 12.6. The fourth-order valence-corrected chi connectivity index (χ4v) is 3.70. The number of nitrogens with zero attached hydrogens (tertiary/aromatic N) is 1. The average Bonchev–Trinajstić information content (AvgIpc) is 3.20. The van der Waals surface area contributed by atoms with Crippen LogP contribution in [-0.2, 0) is 4.79 Å². The SMILES string of the molecule is CNC(=O)c1ccc(NC(=O)CN2CCC[C@H]2c2cc(OC)ccc2OC)cc1. The summed E-state index contributed by atoms with van der Waals surface area (Å²) in [4.78, 5) is 26.4. The number of amides is 2. The summed E-state index contributed by atoms with van der Waals surface area (Å²) in [5.41, 5.74) is 2.25. The van der Waals surface area contributed by atoms with Gasteiger partial charge in [0.1, 0.15) is 11.5 Å². The van der Waals surface area contributed by atoms with Crippen molar-refractivity contribution in [2.24, 2.45) is 0 Å². The molecule has 1 aliphatic heterocycles. The molecular weight excluding hydrogens is 370 g/mol. The lowest BCUT2D eigenvalue weighted by Gasteiger charge is -2.26. The minimum absolute atomic E-state index is 0.0912. The molecule has 7 nitrogen and oxygen atoms in total. The first-order valence-corrected chi connectivity index (χ1v) is 9.63. The van der Waals surface area contributed by atoms with E-state index in [9.17, 15) is 9.59 Å². The van der Waals surface area contributed by atoms with E-state index < -0.39 is 0 Å². The highest BCUT2D eigenvalue weighted by Crippen LogP contribution is 2.38. The van der Waals surface area contributed by atoms with Crippen LogP contribution in [0.25, 0.3) is 0 Å². The Balaban J connectivity index is 1.68. The Bertz CT molecular complexity index is 867. The van der Waals surface area contributed by atoms with Gasteiger partial charge in [-0.05, 0) is 61.9 Å². The molecule has 0 unspecified atom stereocenters. The van der Waals surface area contributed by atoms with E-state index in [1.165, 1.54) is 0 Å². The third kappa shape index (κ3) is 4.86. The van der Waals surface area contributed by atoms with Crippen molar-refractivity contribution in [2.45, 2.75) is 18.9 Å². The van der Waals surface area contributed by atoms with Crippen LogP contribution >= 0.6 is 0 Å². The zero-order valence-corrected chi connectivity index (χ0v) is 17.0. The van der Waals surface area contributed by atoms with E-state index in [1.807, 2.05) is 18.2 Å². The molecule has 29 heavy (non-hydrogen) atoms. The molecule has 2 aromatic carbocycles. The van der Waals surface area contributed by atoms with E-state index in [1.54, 1.807) is 45.5 Å². The van der Waals surface area contributed by atoms with Crippen LogP contribution in [0.3, 0.4) is 0 Å². The highest BCUT2D eigenvalue weighted by atomic mass is 16.5. The van der Waals surface area contributed by atoms with Gasteiger partial charge in [-0.2, -0.15) is 0 Å². The molecular formula is C22H27N3O4. The molecule has 2 aromatic rings. The zero-order valence-electron chi connectivity index (χ0n) is 17.0. The van der Waals surface area contributed by atoms with Crippen LogP contribution in [0.1, 0.15) is 34.8 Å². The Morgan fingerprint density at radius 2 is 1.86 bits per heavy atom. The molecule has 0 radical (unpaired) electrons. The summed E-state index contributed by atoms with van der Waals surface area (Å²) in [6.45, 7) is 1.12. The molecule has 0 aliphatic carbocycles. The minimum Gasteiger partial charge on any atom is -0.497 e. The molecule has 1 atom stereocenters. The fourth-order valence-electron chi connectivity index (χ4n) is 3.70. The van der Waals surface area contributed by atoms with E-state index in [-0.39, 0.29) is 24.4 Å². The summed E-state index contributed by atoms with van der Waals surface area (Å²) in [5, 5.41) is 5.48. The monoisotopic (exact) mass is 397 g/mol. The molecule has 1 aliphatic rings. The van der Waals surface area contributed by atoms with Gasteiger partial charge in [-0.25, -0.2) is 0 Å². The summed E-state index contributed by atoms with van der Waals surface area (Å²) in [6, 6.07) is 12.7. The van der Waals surface area contributed by atoms with E-state index in [0.29, 0.717) is 11.3 Å². The molecule has 0 bridgehead atoms. The standard InChI is InChI=1S/C22H27N3O4/c1-23-22(27)15-6-8-16(9-7-15)24-21(26)14-25-12-4-5-19(25)18-13-17(28-2)10-11-20(18)29-3/h6-11,13,19H,4-5,12,14H2,1-3H3,(H,23,27)(H,24,26)/t19-/m0/s1. The van der Waals surface area contributed by atoms with Crippen LogP contribution < -0.4 is 20.1 Å². The van der Waals surface area contributed by atoms with Gasteiger partial charge in [0.05, 0.1) is 20.8 Å². The quantitative estimate of drug-likeness (QED) is 0.751. The zero-order chi connectivity index (χ0) is 20.8. The molecule has 1 fully saturated rings. The first-order chi connectivity index (χ1) is 14.0. The van der Waals surface area contributed by atoms with Crippen molar-refractivity contribution in [1.29, 1.82) is 0 Å². The number of carbonyl (C=O) groups excluding carboxylic acids is 2. The van der Waals surface area contributed by atoms with Gasteiger partial charge in [0.25, 0.3) is 5.91 Å². The Kier molecular flexibility index (Phi) is 6.72. The molecule has 3 rings (SSSR count). The molecule has 154 valence electrons. The minimum atomic E-state index is -0.157. The van der Waals surface area contributed by atoms with Crippen molar-refractivity contribution in [3.63, 3.8) is 0 Å². The summed E-state index contributed by atoms with van der Waals surface area (Å²) < 4.78 is 10.9. The van der Waals surface area contributed by atoms with Crippen LogP contribution in [0, 0.1) is 0 Å². The number of hydrogen-bond donors (Lipinski definition) is 2. The Labute approximate surface area is 171 Å². The van der Waals surface area contributed by atoms with Crippen molar-refractivity contribution in [1.82, 2.24) is 10.2 Å². The van der Waals surface area contributed by atoms with Crippen LogP contribution in [0.15, 0.2) is 42.5 Å². The average molecular weight is 397 g/mol. The number of likely N-dealkylation sites (tertiary alicyclic amines) is 1. The molecule has 1 heterocycles. The molecule has 1 saturated heterocycles. The fraction of sp³-hybridized carbons (Fsp3) is 0.364. The molecule has 7 heteroatoms. The van der Waals surface area contributed by atoms with Gasteiger partial charge < -0.3 is 20.1 Å². The van der Waals surface area contributed by atoms with Crippen molar-refractivity contribution < 1.29 is 19.1 Å². The van der Waals surface area contributed by atoms with E-state index >= 15 is 0 Å². The summed E-state index contributed by atoms with van der Waals surface area (Å²) in [5.74, 6) is 1.32. The third-order valence-electron chi connectivity index (χ3n) is 5.16. The normalized spacial score (nSPS) is 16.3. The maximum absolute atomic E-state index is 12.6. The molecule has 0 spiro atoms. The number of hydrogen-bond acceptors (Lipinski definition) is 5. The van der Waals surface area contributed by atoms with Gasteiger partial charge in [-0.1, -0.05) is 0 Å². The number of benzene rings is 2. The highest BCUT2D eigenvalue weighted by Gasteiger charge is 2.30. The van der Waals surface area contributed by atoms with Gasteiger partial charge in [0.15, 0.2) is 0 Å². The largest absolute Gasteiger partial charge is 0.497 e. The highest BCUT2D eigenvalue weighted by molar-refractivity contribution is 5.96. The molecule has 2 N–H and O–H groups in total. The van der Waals surface area contributed by atoms with Gasteiger partial charge in [-0.15, -0.1) is 0 Å². The lowest BCUT2D eigenvalue weighted by molar-refractivity contribution is -0.117. The van der Waals surface area contributed by atoms with Crippen molar-refractivity contribution >= 4 is 17.5 Å². The molecule has 0 aromatic heterocycles. The maximum Gasteiger partial charge on any atom is 0.251 e. The Morgan fingerprint density at radius 3 is 2.52 bits per heavy atom. The molecule has 2 amide bonds. The van der Waals surface area contributed by atoms with Gasteiger partial charge >= 0.3 is 0 Å². The number of ether oxygens (including phenoxy) is 2. The van der Waals surface area contributed by atoms with Crippen LogP contribution in [0.5, 0.6) is 11.5 Å². The predicted octanol–water partition coefficient (Wildman–Crippen LogP) is 2.84. The second-order valence-corrected chi connectivity index (χ2v) is 6.94. The number of anilines is 1. The predicted molar refractivity (Wildman–Crippen MR) is 112 cm³/mol. The van der Waals surface area contributed by atoms with Crippen LogP contribution in [0.4, 0.5) is 5.69 Å². The van der Waals surface area contributed by atoms with Crippen LogP contribution in [0.2, 0.25) is 0 Å². The lowest BCUT2D eigenvalue weighted by Crippen LogP contribution is -2.33. The van der Waals surface area contributed by atoms with E-state index in [0.717, 1.165) is 36.4 Å². The molecule has 0 saturated carbocycles. The first kappa shape index (κ1) is 20.7. The van der Waals surface area contributed by atoms with Crippen LogP contribution in [-0.4, -0.2) is 51.1 Å². The van der Waals surface area contributed by atoms with Gasteiger partial charge in [0.2, 0.25) is 5.91 Å². The third-order valence-corrected chi connectivity index (χ3v) is 5.16. The van der Waals surface area contributed by atoms with Crippen molar-refractivity contribution in [3.05, 3.63) is 53.6 Å². The number of nitrogens with one attached hydrogen (secondary N) is 2. The number of methoxy groups -OCH3 is 2. The summed E-state index contributed by atoms with van der Waals surface area (Å²) in [6.07, 6.45) is 1.97.